The van der Waals surface area contributed by atoms with Crippen molar-refractivity contribution in [3.05, 3.63) is 24.3 Å². The Kier molecular flexibility index (Phi) is 30.3. The Bertz CT molecular complexity index is 205. The third-order valence-corrected chi connectivity index (χ3v) is 1.37. The molecule has 0 spiro atoms. The molecular weight excluding hydrogens is 275 g/mol. The molecule has 1 aliphatic rings. The minimum absolute atomic E-state index is 0. The van der Waals surface area contributed by atoms with Gasteiger partial charge in [0.05, 0.1) is 12.1 Å². The van der Waals surface area contributed by atoms with Gasteiger partial charge in [0.15, 0.2) is 0 Å². The molecule has 2 nitrogen and oxygen atoms in total. The van der Waals surface area contributed by atoms with E-state index in [1.807, 2.05) is 0 Å². The summed E-state index contributed by atoms with van der Waals surface area (Å²) in [6.45, 7) is 2.86. The smallest absolute Gasteiger partial charge is 0.0587 e. The monoisotopic (exact) mass is 293 g/mol. The van der Waals surface area contributed by atoms with Gasteiger partial charge in [0, 0.05) is 33.3 Å². The Balaban J connectivity index is -0.000000177. The fourth-order valence-electron chi connectivity index (χ4n) is 0.874. The molecule has 0 aromatic rings. The van der Waals surface area contributed by atoms with E-state index in [2.05, 4.69) is 24.3 Å². The van der Waals surface area contributed by atoms with Crippen molar-refractivity contribution in [2.75, 3.05) is 0 Å². The summed E-state index contributed by atoms with van der Waals surface area (Å²) in [5.41, 5.74) is 0. The molecule has 1 rings (SSSR count). The van der Waals surface area contributed by atoms with Gasteiger partial charge in [-0.1, -0.05) is 24.3 Å². The predicted octanol–water partition coefficient (Wildman–Crippen LogP) is 3.73. The molecule has 0 saturated carbocycles. The SMILES string of the molecule is C1=C\CCCC\C=C/1.CC#N.CC#N.[Rh]. The third kappa shape index (κ3) is 32.0. The number of hydrogen-bond acceptors (Lipinski definition) is 2. The first-order valence-corrected chi connectivity index (χ1v) is 4.76. The van der Waals surface area contributed by atoms with Crippen LogP contribution in [-0.4, -0.2) is 0 Å². The van der Waals surface area contributed by atoms with Gasteiger partial charge in [0.1, 0.15) is 0 Å². The molecule has 1 aliphatic carbocycles. The van der Waals surface area contributed by atoms with Crippen LogP contribution >= 0.6 is 0 Å². The first kappa shape index (κ1) is 19.6. The molecule has 0 saturated heterocycles. The van der Waals surface area contributed by atoms with E-state index in [1.165, 1.54) is 39.5 Å². The van der Waals surface area contributed by atoms with Crippen LogP contribution in [0.5, 0.6) is 0 Å². The van der Waals surface area contributed by atoms with Crippen molar-refractivity contribution < 1.29 is 19.5 Å². The molecule has 85 valence electrons. The second kappa shape index (κ2) is 23.2. The third-order valence-electron chi connectivity index (χ3n) is 1.37. The molecule has 15 heavy (non-hydrogen) atoms. The van der Waals surface area contributed by atoms with Crippen molar-refractivity contribution in [2.24, 2.45) is 0 Å². The molecule has 3 heteroatoms. The van der Waals surface area contributed by atoms with Crippen LogP contribution in [0.15, 0.2) is 24.3 Å². The van der Waals surface area contributed by atoms with Gasteiger partial charge in [-0.05, 0) is 25.7 Å². The van der Waals surface area contributed by atoms with E-state index in [9.17, 15) is 0 Å². The molecule has 0 aromatic heterocycles. The van der Waals surface area contributed by atoms with Crippen LogP contribution in [0.2, 0.25) is 0 Å². The zero-order valence-electron chi connectivity index (χ0n) is 9.37. The molecule has 0 bridgehead atoms. The van der Waals surface area contributed by atoms with Crippen LogP contribution < -0.4 is 0 Å². The summed E-state index contributed by atoms with van der Waals surface area (Å²) in [5.74, 6) is 0. The quantitative estimate of drug-likeness (QED) is 0.639. The number of nitriles is 2. The summed E-state index contributed by atoms with van der Waals surface area (Å²) >= 11 is 0. The Labute approximate surface area is 106 Å². The van der Waals surface area contributed by atoms with Crippen LogP contribution in [0.1, 0.15) is 39.5 Å². The number of hydrogen-bond donors (Lipinski definition) is 0. The molecule has 0 amide bonds. The van der Waals surface area contributed by atoms with Crippen molar-refractivity contribution in [2.45, 2.75) is 39.5 Å². The van der Waals surface area contributed by atoms with Crippen molar-refractivity contribution in [1.82, 2.24) is 0 Å². The van der Waals surface area contributed by atoms with Crippen molar-refractivity contribution in [3.63, 3.8) is 0 Å². The molecule has 0 atom stereocenters. The second-order valence-corrected chi connectivity index (χ2v) is 2.59. The van der Waals surface area contributed by atoms with Gasteiger partial charge < -0.3 is 0 Å². The topological polar surface area (TPSA) is 47.6 Å². The van der Waals surface area contributed by atoms with E-state index in [-0.39, 0.29) is 19.5 Å². The summed E-state index contributed by atoms with van der Waals surface area (Å²) in [5, 5.41) is 14.6. The fourth-order valence-corrected chi connectivity index (χ4v) is 0.874. The minimum atomic E-state index is 0. The fraction of sp³-hybridized carbons (Fsp3) is 0.500. The van der Waals surface area contributed by atoms with Gasteiger partial charge in [-0.3, -0.25) is 0 Å². The minimum Gasteiger partial charge on any atom is -0.199 e. The number of allylic oxidation sites excluding steroid dienone is 4. The molecule has 1 radical (unpaired) electrons. The number of nitrogens with zero attached hydrogens (tertiary/aromatic N) is 2. The Morgan fingerprint density at radius 2 is 1.13 bits per heavy atom. The summed E-state index contributed by atoms with van der Waals surface area (Å²) in [4.78, 5) is 0. The largest absolute Gasteiger partial charge is 0.199 e. The molecule has 0 fully saturated rings. The maximum atomic E-state index is 7.32. The average molecular weight is 293 g/mol. The van der Waals surface area contributed by atoms with Crippen LogP contribution in [0.25, 0.3) is 0 Å². The average Bonchev–Trinajstić information content (AvgIpc) is 2.04. The van der Waals surface area contributed by atoms with Gasteiger partial charge in [0.25, 0.3) is 0 Å². The van der Waals surface area contributed by atoms with Gasteiger partial charge in [-0.25, -0.2) is 0 Å². The molecule has 0 N–H and O–H groups in total. The van der Waals surface area contributed by atoms with Crippen molar-refractivity contribution in [3.8, 4) is 12.1 Å². The van der Waals surface area contributed by atoms with Gasteiger partial charge >= 0.3 is 0 Å². The standard InChI is InChI=1S/C8H12.2C2H3N.Rh/c1-2-4-6-8-7-5-3-1;2*1-2-3;/h1-4H,5-8H2;2*1H3;/b3-1-,4-2-;;;. The van der Waals surface area contributed by atoms with E-state index >= 15 is 0 Å². The Morgan fingerprint density at radius 3 is 1.40 bits per heavy atom. The summed E-state index contributed by atoms with van der Waals surface area (Å²) in [7, 11) is 0. The summed E-state index contributed by atoms with van der Waals surface area (Å²) < 4.78 is 0. The molecular formula is C12H18N2Rh. The normalized spacial score (nSPS) is 16.0. The van der Waals surface area contributed by atoms with E-state index in [1.54, 1.807) is 12.1 Å². The maximum absolute atomic E-state index is 7.32. The van der Waals surface area contributed by atoms with Crippen LogP contribution in [-0.2, 0) is 19.5 Å². The maximum Gasteiger partial charge on any atom is 0.0587 e. The van der Waals surface area contributed by atoms with Gasteiger partial charge in [0.2, 0.25) is 0 Å². The van der Waals surface area contributed by atoms with Gasteiger partial charge in [-0.15, -0.1) is 0 Å². The predicted molar refractivity (Wildman–Crippen MR) is 59.3 cm³/mol. The number of rotatable bonds is 0. The van der Waals surface area contributed by atoms with Crippen molar-refractivity contribution in [1.29, 1.82) is 10.5 Å². The Morgan fingerprint density at radius 1 is 0.867 bits per heavy atom. The Hall–Kier alpha value is -0.917. The molecule has 0 aliphatic heterocycles. The van der Waals surface area contributed by atoms with Crippen LogP contribution in [0, 0.1) is 22.7 Å². The molecule has 0 unspecified atom stereocenters. The van der Waals surface area contributed by atoms with E-state index in [4.69, 9.17) is 10.5 Å². The van der Waals surface area contributed by atoms with E-state index in [0.29, 0.717) is 0 Å². The molecule has 0 aromatic carbocycles. The van der Waals surface area contributed by atoms with Crippen LogP contribution in [0.3, 0.4) is 0 Å². The summed E-state index contributed by atoms with van der Waals surface area (Å²) in [6.07, 6.45) is 14.0. The first-order chi connectivity index (χ1) is 6.83. The van der Waals surface area contributed by atoms with Gasteiger partial charge in [-0.2, -0.15) is 10.5 Å². The first-order valence-electron chi connectivity index (χ1n) is 4.76. The second-order valence-electron chi connectivity index (χ2n) is 2.59. The van der Waals surface area contributed by atoms with Crippen LogP contribution in [0.4, 0.5) is 0 Å². The van der Waals surface area contributed by atoms with Crippen molar-refractivity contribution >= 4 is 0 Å². The zero-order valence-corrected chi connectivity index (χ0v) is 11.0. The van der Waals surface area contributed by atoms with E-state index in [0.717, 1.165) is 0 Å². The summed E-state index contributed by atoms with van der Waals surface area (Å²) in [6, 6.07) is 3.50. The molecule has 0 heterocycles. The zero-order chi connectivity index (χ0) is 11.1. The van der Waals surface area contributed by atoms with E-state index < -0.39 is 0 Å².